The summed E-state index contributed by atoms with van der Waals surface area (Å²) in [6.45, 7) is 0.502. The smallest absolute Gasteiger partial charge is 0.244 e. The van der Waals surface area contributed by atoms with Crippen LogP contribution in [0.25, 0.3) is 6.08 Å². The van der Waals surface area contributed by atoms with Crippen LogP contribution in [0, 0.1) is 0 Å². The molecule has 0 atom stereocenters. The molecule has 3 N–H and O–H groups in total. The van der Waals surface area contributed by atoms with Crippen LogP contribution in [-0.2, 0) is 11.2 Å². The van der Waals surface area contributed by atoms with E-state index in [1.54, 1.807) is 30.3 Å². The van der Waals surface area contributed by atoms with E-state index in [2.05, 4.69) is 5.32 Å². The summed E-state index contributed by atoms with van der Waals surface area (Å²) in [5.74, 6) is 0.436. The number of hydrogen-bond acceptors (Lipinski definition) is 4. The maximum atomic E-state index is 11.7. The summed E-state index contributed by atoms with van der Waals surface area (Å²) >= 11 is 0. The highest BCUT2D eigenvalue weighted by Gasteiger charge is 2.01. The molecular weight excluding hydrogens is 294 g/mol. The Balaban J connectivity index is 1.82. The lowest BCUT2D eigenvalue weighted by Crippen LogP contribution is -2.23. The molecule has 23 heavy (non-hydrogen) atoms. The van der Waals surface area contributed by atoms with Crippen LogP contribution < -0.4 is 10.1 Å². The predicted octanol–water partition coefficient (Wildman–Crippen LogP) is 2.48. The summed E-state index contributed by atoms with van der Waals surface area (Å²) in [4.78, 5) is 11.7. The molecule has 120 valence electrons. The van der Waals surface area contributed by atoms with E-state index in [4.69, 9.17) is 4.74 Å². The normalized spacial score (nSPS) is 10.7. The molecule has 0 aliphatic rings. The maximum absolute atomic E-state index is 11.7. The van der Waals surface area contributed by atoms with E-state index in [9.17, 15) is 15.0 Å². The standard InChI is InChI=1S/C18H19NO4/c1-23-17-8-4-14(12-16(17)21)5-9-18(22)19-11-10-13-2-6-15(20)7-3-13/h2-9,12,20-21H,10-11H2,1H3,(H,19,22). The van der Waals surface area contributed by atoms with Gasteiger partial charge in [-0.3, -0.25) is 4.79 Å². The fourth-order valence-electron chi connectivity index (χ4n) is 2.03. The monoisotopic (exact) mass is 313 g/mol. The van der Waals surface area contributed by atoms with E-state index < -0.39 is 0 Å². The third-order valence-corrected chi connectivity index (χ3v) is 3.28. The second kappa shape index (κ2) is 7.89. The van der Waals surface area contributed by atoms with Crippen molar-refractivity contribution in [3.05, 3.63) is 59.7 Å². The molecule has 0 saturated heterocycles. The Morgan fingerprint density at radius 1 is 1.17 bits per heavy atom. The van der Waals surface area contributed by atoms with Crippen molar-refractivity contribution in [1.82, 2.24) is 5.32 Å². The molecule has 0 spiro atoms. The van der Waals surface area contributed by atoms with E-state index >= 15 is 0 Å². The van der Waals surface area contributed by atoms with Crippen molar-refractivity contribution in [1.29, 1.82) is 0 Å². The number of amides is 1. The minimum atomic E-state index is -0.209. The van der Waals surface area contributed by atoms with Crippen molar-refractivity contribution in [2.75, 3.05) is 13.7 Å². The Bertz CT molecular complexity index is 693. The van der Waals surface area contributed by atoms with Gasteiger partial charge in [0.15, 0.2) is 11.5 Å². The van der Waals surface area contributed by atoms with Gasteiger partial charge in [0.2, 0.25) is 5.91 Å². The minimum Gasteiger partial charge on any atom is -0.508 e. The highest BCUT2D eigenvalue weighted by atomic mass is 16.5. The van der Waals surface area contributed by atoms with Gasteiger partial charge in [0, 0.05) is 12.6 Å². The topological polar surface area (TPSA) is 78.8 Å². The molecule has 2 rings (SSSR count). The second-order valence-corrected chi connectivity index (χ2v) is 4.97. The number of benzene rings is 2. The van der Waals surface area contributed by atoms with Gasteiger partial charge in [-0.05, 0) is 47.9 Å². The molecule has 0 radical (unpaired) electrons. The Morgan fingerprint density at radius 2 is 1.91 bits per heavy atom. The molecule has 2 aromatic rings. The maximum Gasteiger partial charge on any atom is 0.244 e. The van der Waals surface area contributed by atoms with Gasteiger partial charge in [-0.1, -0.05) is 18.2 Å². The Labute approximate surface area is 134 Å². The van der Waals surface area contributed by atoms with Crippen LogP contribution in [0.5, 0.6) is 17.2 Å². The molecule has 1 amide bonds. The quantitative estimate of drug-likeness (QED) is 0.716. The van der Waals surface area contributed by atoms with Gasteiger partial charge >= 0.3 is 0 Å². The summed E-state index contributed by atoms with van der Waals surface area (Å²) in [5.41, 5.74) is 1.74. The van der Waals surface area contributed by atoms with E-state index in [-0.39, 0.29) is 17.4 Å². The van der Waals surface area contributed by atoms with Crippen LogP contribution in [0.1, 0.15) is 11.1 Å². The number of hydrogen-bond donors (Lipinski definition) is 3. The van der Waals surface area contributed by atoms with Gasteiger partial charge < -0.3 is 20.3 Å². The number of carbonyl (C=O) groups is 1. The fourth-order valence-corrected chi connectivity index (χ4v) is 2.03. The fraction of sp³-hybridized carbons (Fsp3) is 0.167. The zero-order chi connectivity index (χ0) is 16.7. The zero-order valence-electron chi connectivity index (χ0n) is 12.8. The second-order valence-electron chi connectivity index (χ2n) is 4.97. The van der Waals surface area contributed by atoms with Crippen molar-refractivity contribution in [2.45, 2.75) is 6.42 Å². The summed E-state index contributed by atoms with van der Waals surface area (Å²) in [5, 5.41) is 21.6. The van der Waals surface area contributed by atoms with Crippen LogP contribution in [-0.4, -0.2) is 29.8 Å². The first-order chi connectivity index (χ1) is 11.1. The van der Waals surface area contributed by atoms with Crippen molar-refractivity contribution < 1.29 is 19.7 Å². The molecule has 0 aliphatic carbocycles. The highest BCUT2D eigenvalue weighted by Crippen LogP contribution is 2.26. The average molecular weight is 313 g/mol. The van der Waals surface area contributed by atoms with Gasteiger partial charge in [0.25, 0.3) is 0 Å². The summed E-state index contributed by atoms with van der Waals surface area (Å²) in [7, 11) is 1.48. The van der Waals surface area contributed by atoms with Crippen LogP contribution in [0.15, 0.2) is 48.5 Å². The lowest BCUT2D eigenvalue weighted by Gasteiger charge is -2.04. The van der Waals surface area contributed by atoms with Crippen LogP contribution in [0.4, 0.5) is 0 Å². The van der Waals surface area contributed by atoms with E-state index in [0.717, 1.165) is 5.56 Å². The number of ether oxygens (including phenoxy) is 1. The first kappa shape index (κ1) is 16.4. The number of carbonyl (C=O) groups excluding carboxylic acids is 1. The first-order valence-corrected chi connectivity index (χ1v) is 7.19. The Kier molecular flexibility index (Phi) is 5.63. The first-order valence-electron chi connectivity index (χ1n) is 7.19. The number of nitrogens with one attached hydrogen (secondary N) is 1. The molecule has 0 bridgehead atoms. The van der Waals surface area contributed by atoms with Gasteiger partial charge in [-0.25, -0.2) is 0 Å². The van der Waals surface area contributed by atoms with Crippen molar-refractivity contribution in [2.24, 2.45) is 0 Å². The highest BCUT2D eigenvalue weighted by molar-refractivity contribution is 5.91. The van der Waals surface area contributed by atoms with Crippen LogP contribution in [0.3, 0.4) is 0 Å². The molecule has 5 heteroatoms. The number of rotatable bonds is 6. The molecule has 5 nitrogen and oxygen atoms in total. The number of methoxy groups -OCH3 is 1. The molecule has 0 unspecified atom stereocenters. The van der Waals surface area contributed by atoms with E-state index in [1.807, 2.05) is 12.1 Å². The molecule has 2 aromatic carbocycles. The van der Waals surface area contributed by atoms with Crippen LogP contribution >= 0.6 is 0 Å². The molecule has 0 aliphatic heterocycles. The lowest BCUT2D eigenvalue weighted by atomic mass is 10.1. The molecule has 0 fully saturated rings. The molecule has 0 saturated carbocycles. The summed E-state index contributed by atoms with van der Waals surface area (Å²) in [6, 6.07) is 11.8. The Hall–Kier alpha value is -2.95. The van der Waals surface area contributed by atoms with Crippen molar-refractivity contribution in [3.8, 4) is 17.2 Å². The van der Waals surface area contributed by atoms with Gasteiger partial charge in [0.05, 0.1) is 7.11 Å². The molecule has 0 aromatic heterocycles. The Morgan fingerprint density at radius 3 is 2.57 bits per heavy atom. The van der Waals surface area contributed by atoms with Gasteiger partial charge in [-0.2, -0.15) is 0 Å². The minimum absolute atomic E-state index is 0.0300. The van der Waals surface area contributed by atoms with Crippen LogP contribution in [0.2, 0.25) is 0 Å². The van der Waals surface area contributed by atoms with Gasteiger partial charge in [0.1, 0.15) is 5.75 Å². The lowest BCUT2D eigenvalue weighted by molar-refractivity contribution is -0.116. The average Bonchev–Trinajstić information content (AvgIpc) is 2.55. The number of aromatic hydroxyl groups is 2. The predicted molar refractivity (Wildman–Crippen MR) is 88.5 cm³/mol. The third-order valence-electron chi connectivity index (χ3n) is 3.28. The molecule has 0 heterocycles. The largest absolute Gasteiger partial charge is 0.508 e. The van der Waals surface area contributed by atoms with Gasteiger partial charge in [-0.15, -0.1) is 0 Å². The van der Waals surface area contributed by atoms with E-state index in [1.165, 1.54) is 19.3 Å². The summed E-state index contributed by atoms with van der Waals surface area (Å²) in [6.07, 6.45) is 3.72. The SMILES string of the molecule is COc1ccc(C=CC(=O)NCCc2ccc(O)cc2)cc1O. The number of phenolic OH excluding ortho intramolecular Hbond substituents is 2. The third kappa shape index (κ3) is 5.07. The summed E-state index contributed by atoms with van der Waals surface area (Å²) < 4.78 is 4.96. The number of phenols is 2. The van der Waals surface area contributed by atoms with Crippen molar-refractivity contribution in [3.63, 3.8) is 0 Å². The van der Waals surface area contributed by atoms with E-state index in [0.29, 0.717) is 24.3 Å². The zero-order valence-corrected chi connectivity index (χ0v) is 12.8. The van der Waals surface area contributed by atoms with Crippen molar-refractivity contribution >= 4 is 12.0 Å². The molecular formula is C18H19NO4.